The first-order valence-electron chi connectivity index (χ1n) is 6.95. The molecule has 0 bridgehead atoms. The highest BCUT2D eigenvalue weighted by molar-refractivity contribution is 5.35. The highest BCUT2D eigenvalue weighted by Gasteiger charge is 2.09. The highest BCUT2D eigenvalue weighted by Crippen LogP contribution is 2.14. The normalized spacial score (nSPS) is 11.0. The van der Waals surface area contributed by atoms with Gasteiger partial charge in [-0.15, -0.1) is 0 Å². The van der Waals surface area contributed by atoms with Crippen molar-refractivity contribution in [3.63, 3.8) is 0 Å². The number of para-hydroxylation sites is 1. The summed E-state index contributed by atoms with van der Waals surface area (Å²) < 4.78 is 7.10. The molecule has 0 spiro atoms. The Hall–Kier alpha value is -2.40. The summed E-state index contributed by atoms with van der Waals surface area (Å²) in [4.78, 5) is 4.42. The number of nitrogens with one attached hydrogen (secondary N) is 1. The molecule has 5 heteroatoms. The van der Waals surface area contributed by atoms with Crippen molar-refractivity contribution in [3.05, 3.63) is 65.6 Å². The van der Waals surface area contributed by atoms with Gasteiger partial charge in [-0.3, -0.25) is 4.57 Å². The Labute approximate surface area is 123 Å². The maximum absolute atomic E-state index is 4.94. The van der Waals surface area contributed by atoms with Crippen LogP contribution in [0, 0.1) is 13.8 Å². The van der Waals surface area contributed by atoms with Crippen molar-refractivity contribution in [2.75, 3.05) is 0 Å². The first-order chi connectivity index (χ1) is 10.3. The fourth-order valence-electron chi connectivity index (χ4n) is 2.35. The Kier molecular flexibility index (Phi) is 3.83. The molecule has 0 radical (unpaired) electrons. The molecule has 0 aliphatic rings. The van der Waals surface area contributed by atoms with Gasteiger partial charge in [0.15, 0.2) is 0 Å². The number of nitrogens with zero attached hydrogens (tertiary/aromatic N) is 3. The largest absolute Gasteiger partial charge is 0.364 e. The van der Waals surface area contributed by atoms with Gasteiger partial charge in [-0.2, -0.15) is 0 Å². The van der Waals surface area contributed by atoms with Crippen LogP contribution in [-0.4, -0.2) is 14.7 Å². The molecule has 0 aliphatic carbocycles. The molecule has 0 amide bonds. The summed E-state index contributed by atoms with van der Waals surface area (Å²) in [6, 6.07) is 10.3. The molecule has 3 aromatic rings. The van der Waals surface area contributed by atoms with Gasteiger partial charge in [0.2, 0.25) is 0 Å². The summed E-state index contributed by atoms with van der Waals surface area (Å²) in [6.45, 7) is 5.42. The minimum Gasteiger partial charge on any atom is -0.364 e. The Morgan fingerprint density at radius 3 is 2.67 bits per heavy atom. The van der Waals surface area contributed by atoms with Crippen molar-refractivity contribution in [3.8, 4) is 5.69 Å². The van der Waals surface area contributed by atoms with Crippen LogP contribution in [0.2, 0.25) is 0 Å². The van der Waals surface area contributed by atoms with Gasteiger partial charge >= 0.3 is 0 Å². The van der Waals surface area contributed by atoms with Crippen molar-refractivity contribution in [2.45, 2.75) is 26.9 Å². The molecule has 3 rings (SSSR count). The quantitative estimate of drug-likeness (QED) is 0.782. The Morgan fingerprint density at radius 1 is 1.14 bits per heavy atom. The van der Waals surface area contributed by atoms with Crippen LogP contribution in [0.25, 0.3) is 5.69 Å². The second-order valence-electron chi connectivity index (χ2n) is 5.00. The third kappa shape index (κ3) is 2.87. The molecule has 1 aromatic carbocycles. The monoisotopic (exact) mass is 282 g/mol. The average molecular weight is 282 g/mol. The van der Waals surface area contributed by atoms with Crippen molar-refractivity contribution in [2.24, 2.45) is 0 Å². The Balaban J connectivity index is 1.73. The number of benzene rings is 1. The maximum atomic E-state index is 4.94. The van der Waals surface area contributed by atoms with Crippen molar-refractivity contribution >= 4 is 0 Å². The van der Waals surface area contributed by atoms with Gasteiger partial charge in [0, 0.05) is 24.3 Å². The van der Waals surface area contributed by atoms with E-state index in [9.17, 15) is 0 Å². The zero-order chi connectivity index (χ0) is 14.7. The zero-order valence-corrected chi connectivity index (χ0v) is 12.2. The van der Waals surface area contributed by atoms with Gasteiger partial charge in [0.1, 0.15) is 12.1 Å². The first kappa shape index (κ1) is 13.6. The van der Waals surface area contributed by atoms with Gasteiger partial charge in [0.25, 0.3) is 0 Å². The minimum atomic E-state index is 0.731. The van der Waals surface area contributed by atoms with Crippen LogP contribution in [0.4, 0.5) is 0 Å². The number of aryl methyl sites for hydroxylation is 2. The Morgan fingerprint density at radius 2 is 1.95 bits per heavy atom. The molecule has 0 saturated heterocycles. The molecule has 2 aromatic heterocycles. The van der Waals surface area contributed by atoms with Crippen LogP contribution < -0.4 is 5.32 Å². The van der Waals surface area contributed by atoms with Gasteiger partial charge in [-0.1, -0.05) is 23.4 Å². The molecule has 0 unspecified atom stereocenters. The molecule has 21 heavy (non-hydrogen) atoms. The fraction of sp³-hybridized carbons (Fsp3) is 0.250. The van der Waals surface area contributed by atoms with Crippen LogP contribution in [0.5, 0.6) is 0 Å². The highest BCUT2D eigenvalue weighted by atomic mass is 16.5. The number of hydrogen-bond acceptors (Lipinski definition) is 4. The molecule has 5 nitrogen and oxygen atoms in total. The molecule has 1 N–H and O–H groups in total. The second kappa shape index (κ2) is 5.93. The summed E-state index contributed by atoms with van der Waals surface area (Å²) in [7, 11) is 0. The summed E-state index contributed by atoms with van der Waals surface area (Å²) >= 11 is 0. The predicted octanol–water partition coefficient (Wildman–Crippen LogP) is 2.77. The molecule has 108 valence electrons. The first-order valence-corrected chi connectivity index (χ1v) is 6.95. The van der Waals surface area contributed by atoms with E-state index in [0.29, 0.717) is 0 Å². The Bertz CT molecular complexity index is 715. The summed E-state index contributed by atoms with van der Waals surface area (Å²) in [5.74, 6) is 0.985. The average Bonchev–Trinajstić information content (AvgIpc) is 3.07. The van der Waals surface area contributed by atoms with Crippen LogP contribution >= 0.6 is 0 Å². The van der Waals surface area contributed by atoms with E-state index < -0.39 is 0 Å². The van der Waals surface area contributed by atoms with Gasteiger partial charge < -0.3 is 9.84 Å². The topological polar surface area (TPSA) is 55.9 Å². The van der Waals surface area contributed by atoms with Gasteiger partial charge in [-0.05, 0) is 26.0 Å². The number of rotatable bonds is 5. The van der Waals surface area contributed by atoms with Crippen LogP contribution in [0.3, 0.4) is 0 Å². The lowest BCUT2D eigenvalue weighted by Gasteiger charge is -2.11. The lowest BCUT2D eigenvalue weighted by Crippen LogP contribution is -2.16. The second-order valence-corrected chi connectivity index (χ2v) is 5.00. The maximum Gasteiger partial charge on any atom is 0.128 e. The van der Waals surface area contributed by atoms with Crippen LogP contribution in [0.15, 0.2) is 47.3 Å². The lowest BCUT2D eigenvalue weighted by atomic mass is 10.2. The van der Waals surface area contributed by atoms with Crippen molar-refractivity contribution in [1.82, 2.24) is 20.0 Å². The van der Waals surface area contributed by atoms with Gasteiger partial charge in [0.05, 0.1) is 17.6 Å². The molecule has 0 saturated carbocycles. The zero-order valence-electron chi connectivity index (χ0n) is 12.2. The molecular weight excluding hydrogens is 264 g/mol. The van der Waals surface area contributed by atoms with E-state index in [1.54, 1.807) is 6.26 Å². The number of aromatic nitrogens is 3. The van der Waals surface area contributed by atoms with E-state index in [0.717, 1.165) is 41.6 Å². The standard InChI is InChI=1S/C16H18N4O/c1-12-14(11-21-19-12)8-17-9-16-10-18-13(2)20(16)15-6-4-3-5-7-15/h3-7,10-11,17H,8-9H2,1-2H3. The predicted molar refractivity (Wildman–Crippen MR) is 80.1 cm³/mol. The lowest BCUT2D eigenvalue weighted by molar-refractivity contribution is 0.414. The number of hydrogen-bond donors (Lipinski definition) is 1. The van der Waals surface area contributed by atoms with Crippen LogP contribution in [-0.2, 0) is 13.1 Å². The van der Waals surface area contributed by atoms with E-state index in [-0.39, 0.29) is 0 Å². The molecular formula is C16H18N4O. The third-order valence-corrected chi connectivity index (χ3v) is 3.50. The van der Waals surface area contributed by atoms with E-state index >= 15 is 0 Å². The van der Waals surface area contributed by atoms with Crippen molar-refractivity contribution < 1.29 is 4.52 Å². The summed E-state index contributed by atoms with van der Waals surface area (Å²) in [5, 5.41) is 7.29. The van der Waals surface area contributed by atoms with E-state index in [1.165, 1.54) is 0 Å². The summed E-state index contributed by atoms with van der Waals surface area (Å²) in [6.07, 6.45) is 3.60. The van der Waals surface area contributed by atoms with Crippen molar-refractivity contribution in [1.29, 1.82) is 0 Å². The molecule has 0 fully saturated rings. The van der Waals surface area contributed by atoms with E-state index in [1.807, 2.05) is 38.2 Å². The van der Waals surface area contributed by atoms with E-state index in [4.69, 9.17) is 4.52 Å². The van der Waals surface area contributed by atoms with E-state index in [2.05, 4.69) is 32.2 Å². The number of imidazole rings is 1. The fourth-order valence-corrected chi connectivity index (χ4v) is 2.35. The minimum absolute atomic E-state index is 0.731. The molecule has 2 heterocycles. The van der Waals surface area contributed by atoms with Gasteiger partial charge in [-0.25, -0.2) is 4.98 Å². The molecule has 0 aliphatic heterocycles. The third-order valence-electron chi connectivity index (χ3n) is 3.50. The smallest absolute Gasteiger partial charge is 0.128 e. The molecule has 0 atom stereocenters. The summed E-state index contributed by atoms with van der Waals surface area (Å²) in [5.41, 5.74) is 4.27. The van der Waals surface area contributed by atoms with Crippen LogP contribution in [0.1, 0.15) is 22.8 Å². The SMILES string of the molecule is Cc1nocc1CNCc1cnc(C)n1-c1ccccc1.